The van der Waals surface area contributed by atoms with E-state index in [0.717, 1.165) is 16.3 Å². The van der Waals surface area contributed by atoms with Gasteiger partial charge in [-0.3, -0.25) is 14.9 Å². The molecule has 0 radical (unpaired) electrons. The minimum atomic E-state index is -4.14. The summed E-state index contributed by atoms with van der Waals surface area (Å²) in [6.07, 6.45) is -0.899. The number of fused-ring (bicyclic) bond motifs is 2. The van der Waals surface area contributed by atoms with E-state index in [1.807, 2.05) is 43.3 Å². The lowest BCUT2D eigenvalue weighted by Gasteiger charge is -2.38. The van der Waals surface area contributed by atoms with Crippen molar-refractivity contribution in [1.82, 2.24) is 9.21 Å². The Morgan fingerprint density at radius 1 is 0.976 bits per heavy atom. The average molecular weight is 572 g/mol. The zero-order valence-electron chi connectivity index (χ0n) is 21.9. The Morgan fingerprint density at radius 2 is 1.66 bits per heavy atom. The van der Waals surface area contributed by atoms with Crippen LogP contribution in [0.15, 0.2) is 95.9 Å². The Bertz CT molecular complexity index is 1790. The first-order chi connectivity index (χ1) is 19.6. The van der Waals surface area contributed by atoms with Crippen LogP contribution in [0.3, 0.4) is 0 Å². The van der Waals surface area contributed by atoms with Gasteiger partial charge in [0.25, 0.3) is 5.69 Å². The maximum absolute atomic E-state index is 14.1. The van der Waals surface area contributed by atoms with Crippen LogP contribution in [0.25, 0.3) is 10.8 Å². The number of ether oxygens (including phenoxy) is 1. The van der Waals surface area contributed by atoms with Gasteiger partial charge in [0, 0.05) is 12.1 Å². The molecule has 3 atom stereocenters. The zero-order chi connectivity index (χ0) is 28.9. The quantitative estimate of drug-likeness (QED) is 0.139. The van der Waals surface area contributed by atoms with Crippen molar-refractivity contribution in [3.05, 3.63) is 118 Å². The molecule has 0 saturated carbocycles. The number of non-ortho nitro benzene ring substituents is 1. The molecule has 1 amide bonds. The van der Waals surface area contributed by atoms with E-state index in [1.165, 1.54) is 45.6 Å². The van der Waals surface area contributed by atoms with E-state index in [9.17, 15) is 28.1 Å². The monoisotopic (exact) mass is 571 g/mol. The molecule has 0 N–H and O–H groups in total. The molecule has 11 heteroatoms. The second-order valence-corrected chi connectivity index (χ2v) is 12.0. The molecule has 0 spiro atoms. The highest BCUT2D eigenvalue weighted by molar-refractivity contribution is 7.89. The number of sulfonamides is 1. The van der Waals surface area contributed by atoms with Gasteiger partial charge in [0.1, 0.15) is 12.8 Å². The summed E-state index contributed by atoms with van der Waals surface area (Å²) < 4.78 is 35.1. The van der Waals surface area contributed by atoms with Crippen molar-refractivity contribution in [3.8, 4) is 0 Å². The Balaban J connectivity index is 1.40. The van der Waals surface area contributed by atoms with Crippen molar-refractivity contribution in [2.75, 3.05) is 0 Å². The number of benzene rings is 4. The molecule has 0 aliphatic carbocycles. The molecule has 4 aromatic rings. The number of aryl methyl sites for hydroxylation is 1. The average Bonchev–Trinajstić information content (AvgIpc) is 3.26. The van der Waals surface area contributed by atoms with Crippen molar-refractivity contribution in [2.45, 2.75) is 43.1 Å². The topological polar surface area (TPSA) is 127 Å². The number of nitrogens with zero attached hydrogens (tertiary/aromatic N) is 3. The van der Waals surface area contributed by atoms with Crippen LogP contribution in [0.5, 0.6) is 0 Å². The second-order valence-electron chi connectivity index (χ2n) is 10.2. The third-order valence-corrected chi connectivity index (χ3v) is 9.51. The van der Waals surface area contributed by atoms with Crippen molar-refractivity contribution >= 4 is 38.4 Å². The van der Waals surface area contributed by atoms with Crippen LogP contribution in [0.1, 0.15) is 29.2 Å². The number of rotatable bonds is 7. The second kappa shape index (κ2) is 10.1. The summed E-state index contributed by atoms with van der Waals surface area (Å²) >= 11 is 0. The molecule has 10 nitrogen and oxygen atoms in total. The number of amides is 1. The minimum absolute atomic E-state index is 0.0543. The fourth-order valence-corrected chi connectivity index (χ4v) is 7.26. The molecule has 0 aromatic heterocycles. The number of carbonyl (C=O) groups is 2. The maximum Gasteiger partial charge on any atom is 0.331 e. The van der Waals surface area contributed by atoms with Gasteiger partial charge in [-0.1, -0.05) is 54.1 Å². The molecule has 4 aromatic carbocycles. The van der Waals surface area contributed by atoms with Gasteiger partial charge < -0.3 is 9.64 Å². The number of nitro groups is 1. The van der Waals surface area contributed by atoms with Crippen LogP contribution in [0, 0.1) is 17.0 Å². The summed E-state index contributed by atoms with van der Waals surface area (Å²) in [6.45, 7) is 1.66. The van der Waals surface area contributed by atoms with Crippen LogP contribution in [-0.2, 0) is 31.0 Å². The lowest BCUT2D eigenvalue weighted by Crippen LogP contribution is -2.58. The first-order valence-corrected chi connectivity index (χ1v) is 14.4. The van der Waals surface area contributed by atoms with Gasteiger partial charge in [-0.05, 0) is 59.2 Å². The SMILES string of the molecule is Cc1ccc(S(=O)(=O)N2[C@H](c3ccc4ccccc4c3)[C@H](C(=O)OCc3ccc([N+](=O)[O-])cc3)N3C(=O)C[C@H]32)cc1. The maximum atomic E-state index is 14.1. The lowest BCUT2D eigenvalue weighted by molar-refractivity contribution is -0.384. The predicted octanol–water partition coefficient (Wildman–Crippen LogP) is 4.47. The van der Waals surface area contributed by atoms with Gasteiger partial charge in [-0.2, -0.15) is 4.31 Å². The molecule has 0 unspecified atom stereocenters. The first kappa shape index (κ1) is 26.6. The molecular weight excluding hydrogens is 546 g/mol. The molecular formula is C30H25N3O7S. The van der Waals surface area contributed by atoms with Gasteiger partial charge in [0.05, 0.1) is 22.3 Å². The van der Waals surface area contributed by atoms with Gasteiger partial charge >= 0.3 is 5.97 Å². The molecule has 2 heterocycles. The summed E-state index contributed by atoms with van der Waals surface area (Å²) in [5.41, 5.74) is 1.86. The molecule has 0 bridgehead atoms. The first-order valence-electron chi connectivity index (χ1n) is 13.0. The Kier molecular flexibility index (Phi) is 6.55. The number of β-lactam (4-membered cyclic amide) rings is 1. The largest absolute Gasteiger partial charge is 0.459 e. The smallest absolute Gasteiger partial charge is 0.331 e. The standard InChI is InChI=1S/C30H25N3O7S/c1-19-6-14-25(15-7-19)41(38,39)32-26-17-27(34)31(26)29(28(32)23-11-10-21-4-2-3-5-22(21)16-23)30(35)40-18-20-8-12-24(13-9-20)33(36)37/h2-16,26,28-29H,17-18H2,1H3/t26-,28-,29-/m1/s1. The molecule has 2 fully saturated rings. The Morgan fingerprint density at radius 3 is 2.32 bits per heavy atom. The lowest BCUT2D eigenvalue weighted by atomic mass is 9.96. The molecule has 2 aliphatic rings. The number of nitro benzene ring substituents is 1. The molecule has 6 rings (SSSR count). The number of hydrogen-bond donors (Lipinski definition) is 0. The van der Waals surface area contributed by atoms with Crippen LogP contribution in [0.2, 0.25) is 0 Å². The molecule has 2 aliphatic heterocycles. The van der Waals surface area contributed by atoms with Crippen molar-refractivity contribution < 1.29 is 27.7 Å². The minimum Gasteiger partial charge on any atom is -0.459 e. The van der Waals surface area contributed by atoms with E-state index in [2.05, 4.69) is 0 Å². The highest BCUT2D eigenvalue weighted by Crippen LogP contribution is 2.48. The van der Waals surface area contributed by atoms with E-state index in [0.29, 0.717) is 11.1 Å². The number of esters is 1. The van der Waals surface area contributed by atoms with Gasteiger partial charge in [-0.25, -0.2) is 13.2 Å². The van der Waals surface area contributed by atoms with E-state index in [1.54, 1.807) is 18.2 Å². The van der Waals surface area contributed by atoms with Crippen LogP contribution in [-0.4, -0.2) is 46.6 Å². The van der Waals surface area contributed by atoms with Crippen molar-refractivity contribution in [1.29, 1.82) is 0 Å². The normalized spacial score (nSPS) is 20.5. The summed E-state index contributed by atoms with van der Waals surface area (Å²) in [6, 6.07) is 22.8. The molecule has 208 valence electrons. The summed E-state index contributed by atoms with van der Waals surface area (Å²) in [5, 5.41) is 12.8. The van der Waals surface area contributed by atoms with Crippen molar-refractivity contribution in [2.24, 2.45) is 0 Å². The summed E-state index contributed by atoms with van der Waals surface area (Å²) in [5.74, 6) is -1.11. The van der Waals surface area contributed by atoms with Crippen molar-refractivity contribution in [3.63, 3.8) is 0 Å². The fourth-order valence-electron chi connectivity index (χ4n) is 5.50. The fraction of sp³-hybridized carbons (Fsp3) is 0.200. The Hall–Kier alpha value is -4.61. The van der Waals surface area contributed by atoms with Crippen LogP contribution >= 0.6 is 0 Å². The highest BCUT2D eigenvalue weighted by Gasteiger charge is 2.63. The van der Waals surface area contributed by atoms with Gasteiger partial charge in [0.15, 0.2) is 6.04 Å². The van der Waals surface area contributed by atoms with E-state index in [-0.39, 0.29) is 29.5 Å². The molecule has 2 saturated heterocycles. The van der Waals surface area contributed by atoms with E-state index in [4.69, 9.17) is 4.74 Å². The van der Waals surface area contributed by atoms with Gasteiger partial charge in [-0.15, -0.1) is 0 Å². The molecule has 41 heavy (non-hydrogen) atoms. The zero-order valence-corrected chi connectivity index (χ0v) is 22.7. The summed E-state index contributed by atoms with van der Waals surface area (Å²) in [4.78, 5) is 38.4. The predicted molar refractivity (Wildman–Crippen MR) is 149 cm³/mol. The number of carbonyl (C=O) groups excluding carboxylic acids is 2. The highest BCUT2D eigenvalue weighted by atomic mass is 32.2. The third-order valence-electron chi connectivity index (χ3n) is 7.61. The Labute approximate surface area is 236 Å². The van der Waals surface area contributed by atoms with Gasteiger partial charge in [0.2, 0.25) is 15.9 Å². The van der Waals surface area contributed by atoms with Crippen LogP contribution in [0.4, 0.5) is 5.69 Å². The van der Waals surface area contributed by atoms with Crippen LogP contribution < -0.4 is 0 Å². The third kappa shape index (κ3) is 4.62. The van der Waals surface area contributed by atoms with E-state index < -0.39 is 39.2 Å². The van der Waals surface area contributed by atoms with E-state index >= 15 is 0 Å². The summed E-state index contributed by atoms with van der Waals surface area (Å²) in [7, 11) is -4.14. The number of hydrogen-bond acceptors (Lipinski definition) is 7.